The predicted molar refractivity (Wildman–Crippen MR) is 39.3 cm³/mol. The van der Waals surface area contributed by atoms with Gasteiger partial charge >= 0.3 is 0 Å². The molecule has 0 radical (unpaired) electrons. The van der Waals surface area contributed by atoms with Gasteiger partial charge in [0.15, 0.2) is 0 Å². The average Bonchev–Trinajstić information content (AvgIpc) is 1.94. The maximum atomic E-state index is 8.63. The van der Waals surface area contributed by atoms with Gasteiger partial charge in [-0.25, -0.2) is 5.01 Å². The number of hydrogen-bond acceptors (Lipinski definition) is 4. The molecule has 60 valence electrons. The molecule has 0 aromatic carbocycles. The van der Waals surface area contributed by atoms with Crippen LogP contribution in [0.3, 0.4) is 0 Å². The van der Waals surface area contributed by atoms with Crippen LogP contribution < -0.4 is 11.2 Å². The van der Waals surface area contributed by atoms with Crippen LogP contribution in [0.4, 0.5) is 0 Å². The Labute approximate surface area is 61.0 Å². The fraction of sp³-hybridized carbons (Fsp3) is 1.00. The van der Waals surface area contributed by atoms with Crippen LogP contribution in [-0.2, 0) is 0 Å². The van der Waals surface area contributed by atoms with Gasteiger partial charge in [0.05, 0.1) is 0 Å². The second-order valence-electron chi connectivity index (χ2n) is 2.61. The third kappa shape index (κ3) is 1.91. The van der Waals surface area contributed by atoms with Gasteiger partial charge in [0.25, 0.3) is 0 Å². The largest absolute Gasteiger partial charge is 0.396 e. The van der Waals surface area contributed by atoms with Gasteiger partial charge in [-0.15, -0.1) is 0 Å². The van der Waals surface area contributed by atoms with E-state index in [2.05, 4.69) is 5.32 Å². The first-order valence-corrected chi connectivity index (χ1v) is 3.67. The van der Waals surface area contributed by atoms with Crippen molar-refractivity contribution in [2.45, 2.75) is 12.5 Å². The first kappa shape index (κ1) is 7.94. The molecule has 4 heteroatoms. The molecule has 0 amide bonds. The van der Waals surface area contributed by atoms with Crippen molar-refractivity contribution in [3.05, 3.63) is 0 Å². The standard InChI is InChI=1S/C6H15N3O/c7-9-3-2-8-5-6(9)1-4-10/h6,8,10H,1-5,7H2. The molecule has 4 nitrogen and oxygen atoms in total. The summed E-state index contributed by atoms with van der Waals surface area (Å²) in [5.41, 5.74) is 0. The molecule has 0 aromatic rings. The van der Waals surface area contributed by atoms with Crippen LogP contribution in [0.15, 0.2) is 0 Å². The maximum Gasteiger partial charge on any atom is 0.0446 e. The highest BCUT2D eigenvalue weighted by molar-refractivity contribution is 4.75. The fourth-order valence-corrected chi connectivity index (χ4v) is 1.19. The lowest BCUT2D eigenvalue weighted by Crippen LogP contribution is -2.54. The van der Waals surface area contributed by atoms with Crippen LogP contribution >= 0.6 is 0 Å². The third-order valence-electron chi connectivity index (χ3n) is 1.86. The van der Waals surface area contributed by atoms with Crippen LogP contribution in [0.25, 0.3) is 0 Å². The Bertz CT molecular complexity index is 97.0. The molecule has 0 spiro atoms. The lowest BCUT2D eigenvalue weighted by molar-refractivity contribution is 0.132. The fourth-order valence-electron chi connectivity index (χ4n) is 1.19. The lowest BCUT2D eigenvalue weighted by atomic mass is 10.2. The van der Waals surface area contributed by atoms with Crippen molar-refractivity contribution in [2.75, 3.05) is 26.2 Å². The second kappa shape index (κ2) is 3.88. The van der Waals surface area contributed by atoms with E-state index in [0.717, 1.165) is 26.1 Å². The van der Waals surface area contributed by atoms with Crippen LogP contribution in [0.1, 0.15) is 6.42 Å². The molecule has 4 N–H and O–H groups in total. The molecular weight excluding hydrogens is 130 g/mol. The monoisotopic (exact) mass is 145 g/mol. The molecule has 1 aliphatic heterocycles. The van der Waals surface area contributed by atoms with Gasteiger partial charge in [-0.05, 0) is 6.42 Å². The van der Waals surface area contributed by atoms with E-state index in [1.165, 1.54) is 0 Å². The normalized spacial score (nSPS) is 28.8. The van der Waals surface area contributed by atoms with Gasteiger partial charge in [0.1, 0.15) is 0 Å². The zero-order chi connectivity index (χ0) is 7.40. The van der Waals surface area contributed by atoms with Gasteiger partial charge in [-0.2, -0.15) is 0 Å². The van der Waals surface area contributed by atoms with E-state index in [-0.39, 0.29) is 6.61 Å². The van der Waals surface area contributed by atoms with Crippen molar-refractivity contribution in [1.82, 2.24) is 10.3 Å². The van der Waals surface area contributed by atoms with E-state index in [0.29, 0.717) is 6.04 Å². The Morgan fingerprint density at radius 2 is 2.50 bits per heavy atom. The predicted octanol–water partition coefficient (Wildman–Crippen LogP) is -1.48. The summed E-state index contributed by atoms with van der Waals surface area (Å²) in [7, 11) is 0. The number of hydrazine groups is 1. The quantitative estimate of drug-likeness (QED) is 0.415. The molecule has 0 aliphatic carbocycles. The highest BCUT2D eigenvalue weighted by Gasteiger charge is 2.17. The molecule has 1 fully saturated rings. The summed E-state index contributed by atoms with van der Waals surface area (Å²) in [5, 5.41) is 13.6. The van der Waals surface area contributed by atoms with E-state index in [9.17, 15) is 0 Å². The van der Waals surface area contributed by atoms with E-state index >= 15 is 0 Å². The number of piperazine rings is 1. The van der Waals surface area contributed by atoms with Crippen molar-refractivity contribution in [2.24, 2.45) is 5.84 Å². The van der Waals surface area contributed by atoms with E-state index < -0.39 is 0 Å². The SMILES string of the molecule is NN1CCNCC1CCO. The first-order valence-electron chi connectivity index (χ1n) is 3.67. The number of nitrogens with one attached hydrogen (secondary N) is 1. The Balaban J connectivity index is 2.25. The second-order valence-corrected chi connectivity index (χ2v) is 2.61. The highest BCUT2D eigenvalue weighted by atomic mass is 16.3. The number of nitrogens with zero attached hydrogens (tertiary/aromatic N) is 1. The summed E-state index contributed by atoms with van der Waals surface area (Å²) < 4.78 is 0. The minimum atomic E-state index is 0.222. The molecule has 0 bridgehead atoms. The molecule has 1 heterocycles. The molecule has 0 saturated carbocycles. The van der Waals surface area contributed by atoms with Gasteiger partial charge in [-0.3, -0.25) is 5.84 Å². The maximum absolute atomic E-state index is 8.63. The van der Waals surface area contributed by atoms with Crippen molar-refractivity contribution in [3.63, 3.8) is 0 Å². The van der Waals surface area contributed by atoms with Crippen molar-refractivity contribution >= 4 is 0 Å². The smallest absolute Gasteiger partial charge is 0.0446 e. The summed E-state index contributed by atoms with van der Waals surface area (Å²) >= 11 is 0. The molecule has 1 saturated heterocycles. The number of aliphatic hydroxyl groups excluding tert-OH is 1. The topological polar surface area (TPSA) is 61.5 Å². The van der Waals surface area contributed by atoms with Gasteiger partial charge in [-0.1, -0.05) is 0 Å². The number of rotatable bonds is 2. The van der Waals surface area contributed by atoms with E-state index in [1.54, 1.807) is 5.01 Å². The van der Waals surface area contributed by atoms with Gasteiger partial charge < -0.3 is 10.4 Å². The zero-order valence-electron chi connectivity index (χ0n) is 6.08. The van der Waals surface area contributed by atoms with Crippen LogP contribution in [-0.4, -0.2) is 42.4 Å². The van der Waals surface area contributed by atoms with Gasteiger partial charge in [0.2, 0.25) is 0 Å². The minimum absolute atomic E-state index is 0.222. The summed E-state index contributed by atoms with van der Waals surface area (Å²) in [6.07, 6.45) is 0.767. The molecule has 1 atom stereocenters. The summed E-state index contributed by atoms with van der Waals surface area (Å²) in [5.74, 6) is 5.65. The Kier molecular flexibility index (Phi) is 3.08. The highest BCUT2D eigenvalue weighted by Crippen LogP contribution is 2.00. The zero-order valence-corrected chi connectivity index (χ0v) is 6.08. The summed E-state index contributed by atoms with van der Waals surface area (Å²) in [6.45, 7) is 2.96. The van der Waals surface area contributed by atoms with E-state index in [1.807, 2.05) is 0 Å². The molecule has 1 unspecified atom stereocenters. The Morgan fingerprint density at radius 3 is 3.10 bits per heavy atom. The van der Waals surface area contributed by atoms with Crippen LogP contribution in [0.2, 0.25) is 0 Å². The number of aliphatic hydroxyl groups is 1. The average molecular weight is 145 g/mol. The Morgan fingerprint density at radius 1 is 1.70 bits per heavy atom. The van der Waals surface area contributed by atoms with E-state index in [4.69, 9.17) is 10.9 Å². The Hall–Kier alpha value is -0.160. The molecule has 1 aliphatic rings. The molecule has 0 aromatic heterocycles. The minimum Gasteiger partial charge on any atom is -0.396 e. The third-order valence-corrected chi connectivity index (χ3v) is 1.86. The lowest BCUT2D eigenvalue weighted by Gasteiger charge is -2.31. The molecular formula is C6H15N3O. The first-order chi connectivity index (χ1) is 4.84. The van der Waals surface area contributed by atoms with Crippen LogP contribution in [0, 0.1) is 0 Å². The number of nitrogens with two attached hydrogens (primary N) is 1. The molecule has 10 heavy (non-hydrogen) atoms. The van der Waals surface area contributed by atoms with Gasteiger partial charge in [0, 0.05) is 32.3 Å². The summed E-state index contributed by atoms with van der Waals surface area (Å²) in [4.78, 5) is 0. The summed E-state index contributed by atoms with van der Waals surface area (Å²) in [6, 6.07) is 0.318. The van der Waals surface area contributed by atoms with Crippen molar-refractivity contribution in [1.29, 1.82) is 0 Å². The van der Waals surface area contributed by atoms with Crippen molar-refractivity contribution < 1.29 is 5.11 Å². The molecule has 1 rings (SSSR count). The van der Waals surface area contributed by atoms with Crippen LogP contribution in [0.5, 0.6) is 0 Å². The number of hydrogen-bond donors (Lipinski definition) is 3. The van der Waals surface area contributed by atoms with Crippen molar-refractivity contribution in [3.8, 4) is 0 Å².